The number of nitrogens with zero attached hydrogens (tertiary/aromatic N) is 3. The van der Waals surface area contributed by atoms with E-state index < -0.39 is 0 Å². The normalized spacial score (nSPS) is 16.3. The van der Waals surface area contributed by atoms with Crippen LogP contribution in [0.25, 0.3) is 21.5 Å². The van der Waals surface area contributed by atoms with Gasteiger partial charge in [-0.05, 0) is 49.4 Å². The number of rotatable bonds is 3. The van der Waals surface area contributed by atoms with Gasteiger partial charge >= 0.3 is 0 Å². The highest BCUT2D eigenvalue weighted by Gasteiger charge is 2.20. The minimum absolute atomic E-state index is 0.307. The smallest absolute Gasteiger partial charge is 0.130 e. The van der Waals surface area contributed by atoms with Gasteiger partial charge in [0, 0.05) is 11.6 Å². The molecule has 2 aromatic carbocycles. The first-order valence-electron chi connectivity index (χ1n) is 9.30. The lowest BCUT2D eigenvalue weighted by atomic mass is 9.88. The molecule has 0 amide bonds. The van der Waals surface area contributed by atoms with Crippen LogP contribution in [-0.4, -0.2) is 15.0 Å². The first-order chi connectivity index (χ1) is 13.3. The molecular weight excluding hydrogens is 352 g/mol. The van der Waals surface area contributed by atoms with Crippen LogP contribution in [0.3, 0.4) is 0 Å². The largest absolute Gasteiger partial charge is 0.363 e. The van der Waals surface area contributed by atoms with Crippen molar-refractivity contribution < 1.29 is 0 Å². The molecule has 1 atom stereocenters. The molecule has 5 rings (SSSR count). The summed E-state index contributed by atoms with van der Waals surface area (Å²) in [6.07, 6.45) is 3.49. The minimum Gasteiger partial charge on any atom is -0.363 e. The minimum atomic E-state index is 0.307. The molecule has 0 radical (unpaired) electrons. The number of thiazole rings is 1. The predicted octanol–water partition coefficient (Wildman–Crippen LogP) is 5.55. The molecule has 134 valence electrons. The van der Waals surface area contributed by atoms with Crippen LogP contribution in [0.1, 0.15) is 35.8 Å². The predicted molar refractivity (Wildman–Crippen MR) is 111 cm³/mol. The second-order valence-electron chi connectivity index (χ2n) is 7.01. The molecule has 0 fully saturated rings. The molecule has 0 saturated heterocycles. The first kappa shape index (κ1) is 16.4. The molecule has 2 aromatic heterocycles. The fourth-order valence-corrected chi connectivity index (χ4v) is 4.60. The van der Waals surface area contributed by atoms with Crippen LogP contribution < -0.4 is 5.32 Å². The molecule has 0 unspecified atom stereocenters. The van der Waals surface area contributed by atoms with Gasteiger partial charge in [-0.2, -0.15) is 0 Å². The van der Waals surface area contributed by atoms with Crippen molar-refractivity contribution in [3.05, 3.63) is 71.0 Å². The number of benzene rings is 2. The summed E-state index contributed by atoms with van der Waals surface area (Å²) in [7, 11) is 0. The Morgan fingerprint density at radius 1 is 1.07 bits per heavy atom. The summed E-state index contributed by atoms with van der Waals surface area (Å²) in [6, 6.07) is 17.4. The standard InChI is InChI=1S/C22H20N4S/c1-14-24-20(16-9-10-19-21(11-16)27-13-23-19)12-22(25-14)26-18-8-4-6-15-5-2-3-7-17(15)18/h2-3,5,7,9-13,18H,4,6,8H2,1H3,(H,24,25,26)/t18-/m0/s1. The Labute approximate surface area is 162 Å². The third-order valence-corrected chi connectivity index (χ3v) is 5.95. The molecule has 1 aliphatic carbocycles. The first-order valence-corrected chi connectivity index (χ1v) is 10.2. The van der Waals surface area contributed by atoms with E-state index in [-0.39, 0.29) is 0 Å². The van der Waals surface area contributed by atoms with Crippen LogP contribution in [0.15, 0.2) is 54.0 Å². The van der Waals surface area contributed by atoms with Crippen LogP contribution in [0.5, 0.6) is 0 Å². The zero-order chi connectivity index (χ0) is 18.2. The Balaban J connectivity index is 1.49. The summed E-state index contributed by atoms with van der Waals surface area (Å²) >= 11 is 1.66. The van der Waals surface area contributed by atoms with Gasteiger partial charge in [-0.15, -0.1) is 11.3 Å². The molecule has 27 heavy (non-hydrogen) atoms. The highest BCUT2D eigenvalue weighted by atomic mass is 32.1. The maximum absolute atomic E-state index is 4.67. The number of aromatic nitrogens is 3. The van der Waals surface area contributed by atoms with Crippen molar-refractivity contribution in [1.82, 2.24) is 15.0 Å². The molecule has 1 aliphatic rings. The third-order valence-electron chi connectivity index (χ3n) is 5.16. The van der Waals surface area contributed by atoms with E-state index in [4.69, 9.17) is 0 Å². The average Bonchev–Trinajstić information content (AvgIpc) is 3.16. The van der Waals surface area contributed by atoms with Gasteiger partial charge in [-0.25, -0.2) is 15.0 Å². The number of fused-ring (bicyclic) bond motifs is 2. The lowest BCUT2D eigenvalue weighted by Crippen LogP contribution is -2.18. The van der Waals surface area contributed by atoms with Gasteiger partial charge in [0.1, 0.15) is 11.6 Å². The quantitative estimate of drug-likeness (QED) is 0.512. The van der Waals surface area contributed by atoms with Gasteiger partial charge in [0.25, 0.3) is 0 Å². The van der Waals surface area contributed by atoms with Crippen molar-refractivity contribution in [3.8, 4) is 11.3 Å². The number of aryl methyl sites for hydroxylation is 2. The monoisotopic (exact) mass is 372 g/mol. The molecule has 0 bridgehead atoms. The van der Waals surface area contributed by atoms with Gasteiger partial charge in [-0.1, -0.05) is 30.3 Å². The van der Waals surface area contributed by atoms with E-state index in [1.807, 2.05) is 12.4 Å². The lowest BCUT2D eigenvalue weighted by Gasteiger charge is -2.27. The van der Waals surface area contributed by atoms with Crippen LogP contribution in [0.4, 0.5) is 5.82 Å². The van der Waals surface area contributed by atoms with Crippen LogP contribution in [0, 0.1) is 6.92 Å². The SMILES string of the molecule is Cc1nc(N[C@H]2CCCc3ccccc32)cc(-c2ccc3ncsc3c2)n1. The van der Waals surface area contributed by atoms with E-state index in [2.05, 4.69) is 68.8 Å². The molecule has 5 heteroatoms. The van der Waals surface area contributed by atoms with Crippen LogP contribution in [-0.2, 0) is 6.42 Å². The second kappa shape index (κ2) is 6.74. The topological polar surface area (TPSA) is 50.7 Å². The summed E-state index contributed by atoms with van der Waals surface area (Å²) in [6.45, 7) is 1.95. The van der Waals surface area contributed by atoms with E-state index in [0.717, 1.165) is 41.3 Å². The van der Waals surface area contributed by atoms with Gasteiger partial charge < -0.3 is 5.32 Å². The summed E-state index contributed by atoms with van der Waals surface area (Å²) in [5.41, 5.74) is 7.81. The third kappa shape index (κ3) is 3.19. The van der Waals surface area contributed by atoms with Gasteiger partial charge in [-0.3, -0.25) is 0 Å². The van der Waals surface area contributed by atoms with Crippen molar-refractivity contribution in [2.45, 2.75) is 32.2 Å². The van der Waals surface area contributed by atoms with Gasteiger partial charge in [0.15, 0.2) is 0 Å². The van der Waals surface area contributed by atoms with Crippen LogP contribution in [0.2, 0.25) is 0 Å². The Morgan fingerprint density at radius 2 is 2.00 bits per heavy atom. The number of hydrogen-bond acceptors (Lipinski definition) is 5. The van der Waals surface area contributed by atoms with Crippen molar-refractivity contribution in [1.29, 1.82) is 0 Å². The van der Waals surface area contributed by atoms with Crippen LogP contribution >= 0.6 is 11.3 Å². The fraction of sp³-hybridized carbons (Fsp3) is 0.227. The zero-order valence-electron chi connectivity index (χ0n) is 15.1. The summed E-state index contributed by atoms with van der Waals surface area (Å²) in [5, 5.41) is 3.66. The number of nitrogens with one attached hydrogen (secondary N) is 1. The molecule has 4 nitrogen and oxygen atoms in total. The van der Waals surface area contributed by atoms with Crippen molar-refractivity contribution in [2.24, 2.45) is 0 Å². The lowest BCUT2D eigenvalue weighted by molar-refractivity contribution is 0.598. The van der Waals surface area contributed by atoms with Crippen molar-refractivity contribution >= 4 is 27.4 Å². The molecule has 0 aliphatic heterocycles. The number of anilines is 1. The Hall–Kier alpha value is -2.79. The Morgan fingerprint density at radius 3 is 2.96 bits per heavy atom. The van der Waals surface area contributed by atoms with E-state index >= 15 is 0 Å². The molecular formula is C22H20N4S. The zero-order valence-corrected chi connectivity index (χ0v) is 16.0. The molecule has 1 N–H and O–H groups in total. The Kier molecular flexibility index (Phi) is 4.09. The molecule has 0 spiro atoms. The maximum Gasteiger partial charge on any atom is 0.130 e. The highest BCUT2D eigenvalue weighted by molar-refractivity contribution is 7.16. The summed E-state index contributed by atoms with van der Waals surface area (Å²) in [4.78, 5) is 13.7. The average molecular weight is 372 g/mol. The summed E-state index contributed by atoms with van der Waals surface area (Å²) < 4.78 is 1.18. The summed E-state index contributed by atoms with van der Waals surface area (Å²) in [5.74, 6) is 1.67. The second-order valence-corrected chi connectivity index (χ2v) is 7.89. The van der Waals surface area contributed by atoms with Crippen molar-refractivity contribution in [3.63, 3.8) is 0 Å². The van der Waals surface area contributed by atoms with E-state index in [1.54, 1.807) is 11.3 Å². The van der Waals surface area contributed by atoms with E-state index in [1.165, 1.54) is 22.2 Å². The fourth-order valence-electron chi connectivity index (χ4n) is 3.89. The van der Waals surface area contributed by atoms with E-state index in [0.29, 0.717) is 6.04 Å². The Bertz CT molecular complexity index is 1120. The molecule has 0 saturated carbocycles. The van der Waals surface area contributed by atoms with Crippen molar-refractivity contribution in [2.75, 3.05) is 5.32 Å². The maximum atomic E-state index is 4.67. The van der Waals surface area contributed by atoms with Gasteiger partial charge in [0.05, 0.1) is 27.5 Å². The van der Waals surface area contributed by atoms with E-state index in [9.17, 15) is 0 Å². The van der Waals surface area contributed by atoms with Gasteiger partial charge in [0.2, 0.25) is 0 Å². The number of hydrogen-bond donors (Lipinski definition) is 1. The highest BCUT2D eigenvalue weighted by Crippen LogP contribution is 2.33. The molecule has 2 heterocycles. The molecule has 4 aromatic rings.